The van der Waals surface area contributed by atoms with Crippen LogP contribution in [0.1, 0.15) is 32.2 Å². The molecule has 2 aromatic heterocycles. The van der Waals surface area contributed by atoms with Crippen LogP contribution in [0.3, 0.4) is 0 Å². The lowest BCUT2D eigenvalue weighted by Crippen LogP contribution is -2.07. The molecule has 0 atom stereocenters. The van der Waals surface area contributed by atoms with Crippen molar-refractivity contribution in [1.82, 2.24) is 0 Å². The Labute approximate surface area is 137 Å². The molecule has 3 rings (SSSR count). The molecule has 0 bridgehead atoms. The van der Waals surface area contributed by atoms with Gasteiger partial charge < -0.3 is 18.3 Å². The molecule has 1 aromatic carbocycles. The Morgan fingerprint density at radius 2 is 1.12 bits per heavy atom. The average Bonchev–Trinajstić information content (AvgIpc) is 3.31. The second-order valence-electron chi connectivity index (χ2n) is 4.89. The van der Waals surface area contributed by atoms with Gasteiger partial charge in [0.2, 0.25) is 0 Å². The fourth-order valence-electron chi connectivity index (χ4n) is 1.97. The highest BCUT2D eigenvalue weighted by Crippen LogP contribution is 2.11. The third-order valence-corrected chi connectivity index (χ3v) is 3.21. The fourth-order valence-corrected chi connectivity index (χ4v) is 1.97. The molecule has 0 spiro atoms. The molecule has 0 N–H and O–H groups in total. The molecule has 6 heteroatoms. The van der Waals surface area contributed by atoms with Gasteiger partial charge in [-0.25, -0.2) is 9.59 Å². The zero-order valence-electron chi connectivity index (χ0n) is 12.6. The van der Waals surface area contributed by atoms with E-state index in [2.05, 4.69) is 0 Å². The van der Waals surface area contributed by atoms with Crippen molar-refractivity contribution in [3.63, 3.8) is 0 Å². The average molecular weight is 326 g/mol. The van der Waals surface area contributed by atoms with Crippen LogP contribution in [0.25, 0.3) is 0 Å². The van der Waals surface area contributed by atoms with Crippen molar-refractivity contribution in [1.29, 1.82) is 0 Å². The first-order chi connectivity index (χ1) is 11.7. The Kier molecular flexibility index (Phi) is 4.76. The van der Waals surface area contributed by atoms with Gasteiger partial charge in [0.25, 0.3) is 0 Å². The highest BCUT2D eigenvalue weighted by Gasteiger charge is 2.12. The van der Waals surface area contributed by atoms with Crippen molar-refractivity contribution in [2.45, 2.75) is 13.2 Å². The summed E-state index contributed by atoms with van der Waals surface area (Å²) in [5.74, 6) is 0.117. The predicted octanol–water partition coefficient (Wildman–Crippen LogP) is 3.59. The van der Waals surface area contributed by atoms with Crippen molar-refractivity contribution in [2.75, 3.05) is 0 Å². The number of carbonyl (C=O) groups excluding carboxylic acids is 2. The van der Waals surface area contributed by atoms with Crippen molar-refractivity contribution >= 4 is 11.9 Å². The lowest BCUT2D eigenvalue weighted by Gasteiger charge is -2.05. The van der Waals surface area contributed by atoms with Gasteiger partial charge in [-0.1, -0.05) is 0 Å². The Hall–Kier alpha value is -3.28. The summed E-state index contributed by atoms with van der Waals surface area (Å²) in [6.07, 6.45) is 3.01. The van der Waals surface area contributed by atoms with E-state index >= 15 is 0 Å². The molecule has 0 aliphatic heterocycles. The van der Waals surface area contributed by atoms with Crippen molar-refractivity contribution in [3.8, 4) is 0 Å². The molecule has 6 nitrogen and oxygen atoms in total. The molecule has 0 fully saturated rings. The topological polar surface area (TPSA) is 78.9 Å². The summed E-state index contributed by atoms with van der Waals surface area (Å²) in [6.45, 7) is 0.109. The molecule has 0 amide bonds. The van der Waals surface area contributed by atoms with Crippen LogP contribution in [0, 0.1) is 0 Å². The van der Waals surface area contributed by atoms with Gasteiger partial charge in [0.1, 0.15) is 24.7 Å². The van der Waals surface area contributed by atoms with E-state index in [4.69, 9.17) is 18.3 Å². The monoisotopic (exact) mass is 326 g/mol. The van der Waals surface area contributed by atoms with E-state index in [9.17, 15) is 9.59 Å². The molecule has 0 radical (unpaired) electrons. The SMILES string of the molecule is O=C(OCc1ccco1)c1ccc(C(=O)OCc2ccco2)cc1. The molecule has 122 valence electrons. The van der Waals surface area contributed by atoms with Gasteiger partial charge in [-0.2, -0.15) is 0 Å². The van der Waals surface area contributed by atoms with Crippen molar-refractivity contribution < 1.29 is 27.9 Å². The van der Waals surface area contributed by atoms with E-state index in [1.807, 2.05) is 0 Å². The van der Waals surface area contributed by atoms with Gasteiger partial charge in [-0.3, -0.25) is 0 Å². The third kappa shape index (κ3) is 3.92. The molecule has 2 heterocycles. The fraction of sp³-hybridized carbons (Fsp3) is 0.111. The summed E-state index contributed by atoms with van der Waals surface area (Å²) < 4.78 is 20.4. The van der Waals surface area contributed by atoms with E-state index in [1.165, 1.54) is 36.8 Å². The van der Waals surface area contributed by atoms with E-state index in [0.29, 0.717) is 22.6 Å². The van der Waals surface area contributed by atoms with Gasteiger partial charge in [0.05, 0.1) is 23.7 Å². The van der Waals surface area contributed by atoms with Crippen LogP contribution in [0.4, 0.5) is 0 Å². The summed E-state index contributed by atoms with van der Waals surface area (Å²) in [4.78, 5) is 23.8. The zero-order valence-corrected chi connectivity index (χ0v) is 12.6. The lowest BCUT2D eigenvalue weighted by molar-refractivity contribution is 0.0432. The highest BCUT2D eigenvalue weighted by atomic mass is 16.5. The van der Waals surface area contributed by atoms with Crippen LogP contribution in [-0.2, 0) is 22.7 Å². The van der Waals surface area contributed by atoms with Gasteiger partial charge in [0.15, 0.2) is 0 Å². The molecular weight excluding hydrogens is 312 g/mol. The van der Waals surface area contributed by atoms with Gasteiger partial charge in [-0.05, 0) is 48.5 Å². The molecule has 24 heavy (non-hydrogen) atoms. The summed E-state index contributed by atoms with van der Waals surface area (Å²) in [6, 6.07) is 12.9. The summed E-state index contributed by atoms with van der Waals surface area (Å²) >= 11 is 0. The normalized spacial score (nSPS) is 10.3. The molecule has 0 aliphatic carbocycles. The second-order valence-corrected chi connectivity index (χ2v) is 4.89. The minimum Gasteiger partial charge on any atom is -0.466 e. The van der Waals surface area contributed by atoms with Crippen LogP contribution in [0.2, 0.25) is 0 Å². The minimum absolute atomic E-state index is 0.0543. The maximum absolute atomic E-state index is 11.9. The molecule has 0 unspecified atom stereocenters. The number of hydrogen-bond acceptors (Lipinski definition) is 6. The number of furan rings is 2. The highest BCUT2D eigenvalue weighted by molar-refractivity contribution is 5.93. The van der Waals surface area contributed by atoms with Crippen LogP contribution in [-0.4, -0.2) is 11.9 Å². The minimum atomic E-state index is -0.498. The van der Waals surface area contributed by atoms with Crippen molar-refractivity contribution in [3.05, 3.63) is 83.7 Å². The number of ether oxygens (including phenoxy) is 2. The molecule has 0 saturated carbocycles. The number of benzene rings is 1. The quantitative estimate of drug-likeness (QED) is 0.644. The Morgan fingerprint density at radius 3 is 1.46 bits per heavy atom. The van der Waals surface area contributed by atoms with Crippen LogP contribution < -0.4 is 0 Å². The van der Waals surface area contributed by atoms with E-state index in [-0.39, 0.29) is 13.2 Å². The molecule has 0 aliphatic rings. The summed E-state index contributed by atoms with van der Waals surface area (Å²) in [7, 11) is 0. The first kappa shape index (κ1) is 15.6. The lowest BCUT2D eigenvalue weighted by atomic mass is 10.1. The first-order valence-electron chi connectivity index (χ1n) is 7.21. The largest absolute Gasteiger partial charge is 0.466 e. The van der Waals surface area contributed by atoms with Crippen LogP contribution in [0.15, 0.2) is 69.9 Å². The van der Waals surface area contributed by atoms with E-state index in [0.717, 1.165) is 0 Å². The Balaban J connectivity index is 1.54. The number of rotatable bonds is 6. The third-order valence-electron chi connectivity index (χ3n) is 3.21. The zero-order chi connectivity index (χ0) is 16.8. The van der Waals surface area contributed by atoms with Crippen LogP contribution in [0.5, 0.6) is 0 Å². The summed E-state index contributed by atoms with van der Waals surface area (Å²) in [5.41, 5.74) is 0.674. The molecule has 3 aromatic rings. The molecular formula is C18H14O6. The number of carbonyl (C=O) groups is 2. The van der Waals surface area contributed by atoms with E-state index in [1.54, 1.807) is 24.3 Å². The Morgan fingerprint density at radius 1 is 0.708 bits per heavy atom. The maximum Gasteiger partial charge on any atom is 0.338 e. The second kappa shape index (κ2) is 7.32. The van der Waals surface area contributed by atoms with Gasteiger partial charge in [0, 0.05) is 0 Å². The summed E-state index contributed by atoms with van der Waals surface area (Å²) in [5, 5.41) is 0. The van der Waals surface area contributed by atoms with E-state index < -0.39 is 11.9 Å². The number of hydrogen-bond donors (Lipinski definition) is 0. The number of esters is 2. The van der Waals surface area contributed by atoms with Gasteiger partial charge in [-0.15, -0.1) is 0 Å². The smallest absolute Gasteiger partial charge is 0.338 e. The predicted molar refractivity (Wildman–Crippen MR) is 82.1 cm³/mol. The molecule has 0 saturated heterocycles. The Bertz CT molecular complexity index is 715. The van der Waals surface area contributed by atoms with Crippen molar-refractivity contribution in [2.24, 2.45) is 0 Å². The maximum atomic E-state index is 11.9. The van der Waals surface area contributed by atoms with Crippen LogP contribution >= 0.6 is 0 Å². The standard InChI is InChI=1S/C18H14O6/c19-17(23-11-15-3-1-9-21-15)13-5-7-14(8-6-13)18(20)24-12-16-4-2-10-22-16/h1-10H,11-12H2. The van der Waals surface area contributed by atoms with Gasteiger partial charge >= 0.3 is 11.9 Å². The first-order valence-corrected chi connectivity index (χ1v) is 7.21.